The smallest absolute Gasteiger partial charge is 0.228 e. The van der Waals surface area contributed by atoms with E-state index in [9.17, 15) is 4.79 Å². The minimum atomic E-state index is 0.122. The van der Waals surface area contributed by atoms with Crippen LogP contribution in [0.25, 0.3) is 11.4 Å². The van der Waals surface area contributed by atoms with Gasteiger partial charge in [0.05, 0.1) is 0 Å². The van der Waals surface area contributed by atoms with E-state index >= 15 is 0 Å². The molecule has 5 heteroatoms. The normalized spacial score (nSPS) is 26.2. The summed E-state index contributed by atoms with van der Waals surface area (Å²) in [5.74, 6) is 1.82. The van der Waals surface area contributed by atoms with Gasteiger partial charge in [0.1, 0.15) is 0 Å². The van der Waals surface area contributed by atoms with Gasteiger partial charge in [-0.3, -0.25) is 4.79 Å². The summed E-state index contributed by atoms with van der Waals surface area (Å²) in [6, 6.07) is 7.49. The van der Waals surface area contributed by atoms with Gasteiger partial charge in [-0.25, -0.2) is 0 Å². The molecule has 1 saturated carbocycles. The molecule has 0 radical (unpaired) electrons. The number of hydrogen-bond donors (Lipinski definition) is 1. The second-order valence-electron chi connectivity index (χ2n) is 5.71. The Kier molecular flexibility index (Phi) is 2.84. The zero-order valence-corrected chi connectivity index (χ0v) is 11.4. The summed E-state index contributed by atoms with van der Waals surface area (Å²) in [5.41, 5.74) is 1.67. The van der Waals surface area contributed by atoms with Gasteiger partial charge in [-0.05, 0) is 48.9 Å². The molecule has 1 aromatic heterocycles. The average molecular weight is 281 g/mol. The Bertz CT molecular complexity index is 676. The highest BCUT2D eigenvalue weighted by Crippen LogP contribution is 2.43. The van der Waals surface area contributed by atoms with Gasteiger partial charge < -0.3 is 9.84 Å². The van der Waals surface area contributed by atoms with E-state index in [1.54, 1.807) is 0 Å². The van der Waals surface area contributed by atoms with Crippen molar-refractivity contribution in [1.82, 2.24) is 10.1 Å². The number of carbonyl (C=O) groups excluding carboxylic acids is 1. The molecule has 21 heavy (non-hydrogen) atoms. The third-order valence-electron chi connectivity index (χ3n) is 4.39. The third-order valence-corrected chi connectivity index (χ3v) is 4.39. The lowest BCUT2D eigenvalue weighted by Gasteiger charge is -2.17. The molecular formula is C16H15N3O2. The number of rotatable bonds is 3. The maximum atomic E-state index is 12.3. The minimum Gasteiger partial charge on any atom is -0.342 e. The Morgan fingerprint density at radius 2 is 2.05 bits per heavy atom. The molecule has 1 fully saturated rings. The van der Waals surface area contributed by atoms with Crippen molar-refractivity contribution in [3.8, 4) is 11.4 Å². The van der Waals surface area contributed by atoms with E-state index in [1.165, 1.54) is 6.39 Å². The van der Waals surface area contributed by atoms with E-state index in [1.807, 2.05) is 24.3 Å². The standard InChI is InChI=1S/C16H15N3O2/c20-16(14-8-10-1-2-12(14)7-10)18-13-5-3-11(4-6-13)15-17-9-21-19-15/h1-6,9-10,12,14H,7-8H2,(H,18,20)/t10-,12-,14+/m0/s1. The van der Waals surface area contributed by atoms with Gasteiger partial charge in [-0.1, -0.05) is 17.3 Å². The van der Waals surface area contributed by atoms with E-state index in [4.69, 9.17) is 4.52 Å². The first-order valence-corrected chi connectivity index (χ1v) is 7.15. The molecule has 1 N–H and O–H groups in total. The van der Waals surface area contributed by atoms with Crippen LogP contribution in [-0.4, -0.2) is 16.0 Å². The van der Waals surface area contributed by atoms with Gasteiger partial charge in [0.15, 0.2) is 0 Å². The van der Waals surface area contributed by atoms with Gasteiger partial charge in [0.2, 0.25) is 18.1 Å². The Balaban J connectivity index is 1.45. The fourth-order valence-corrected chi connectivity index (χ4v) is 3.32. The highest BCUT2D eigenvalue weighted by atomic mass is 16.5. The molecule has 2 aliphatic carbocycles. The fourth-order valence-electron chi connectivity index (χ4n) is 3.32. The van der Waals surface area contributed by atoms with Crippen molar-refractivity contribution >= 4 is 11.6 Å². The highest BCUT2D eigenvalue weighted by molar-refractivity contribution is 5.93. The van der Waals surface area contributed by atoms with Crippen molar-refractivity contribution in [2.45, 2.75) is 12.8 Å². The zero-order valence-electron chi connectivity index (χ0n) is 11.4. The van der Waals surface area contributed by atoms with Crippen molar-refractivity contribution in [1.29, 1.82) is 0 Å². The molecule has 1 heterocycles. The summed E-state index contributed by atoms with van der Waals surface area (Å²) in [4.78, 5) is 16.3. The third kappa shape index (κ3) is 2.24. The van der Waals surface area contributed by atoms with Crippen LogP contribution >= 0.6 is 0 Å². The zero-order chi connectivity index (χ0) is 14.2. The first kappa shape index (κ1) is 12.3. The lowest BCUT2D eigenvalue weighted by molar-refractivity contribution is -0.120. The maximum absolute atomic E-state index is 12.3. The number of nitrogens with one attached hydrogen (secondary N) is 1. The van der Waals surface area contributed by atoms with Crippen molar-refractivity contribution in [2.24, 2.45) is 17.8 Å². The Labute approximate surface area is 122 Å². The average Bonchev–Trinajstić information content (AvgIpc) is 3.25. The predicted molar refractivity (Wildman–Crippen MR) is 77.2 cm³/mol. The predicted octanol–water partition coefficient (Wildman–Crippen LogP) is 2.89. The lowest BCUT2D eigenvalue weighted by atomic mass is 9.93. The van der Waals surface area contributed by atoms with Crippen molar-refractivity contribution in [3.63, 3.8) is 0 Å². The number of anilines is 1. The molecule has 1 amide bonds. The van der Waals surface area contributed by atoms with Crippen LogP contribution in [0, 0.1) is 17.8 Å². The van der Waals surface area contributed by atoms with Crippen molar-refractivity contribution < 1.29 is 9.32 Å². The molecule has 0 unspecified atom stereocenters. The second-order valence-corrected chi connectivity index (χ2v) is 5.71. The molecule has 4 rings (SSSR count). The number of benzene rings is 1. The number of carbonyl (C=O) groups is 1. The van der Waals surface area contributed by atoms with Crippen LogP contribution in [0.15, 0.2) is 47.3 Å². The van der Waals surface area contributed by atoms with Gasteiger partial charge in [0.25, 0.3) is 0 Å². The van der Waals surface area contributed by atoms with Crippen LogP contribution in [0.4, 0.5) is 5.69 Å². The molecule has 3 atom stereocenters. The molecule has 5 nitrogen and oxygen atoms in total. The minimum absolute atomic E-state index is 0.122. The second kappa shape index (κ2) is 4.84. The van der Waals surface area contributed by atoms with Crippen molar-refractivity contribution in [2.75, 3.05) is 5.32 Å². The van der Waals surface area contributed by atoms with Crippen LogP contribution in [0.3, 0.4) is 0 Å². The van der Waals surface area contributed by atoms with Crippen molar-refractivity contribution in [3.05, 3.63) is 42.8 Å². The topological polar surface area (TPSA) is 68.0 Å². The van der Waals surface area contributed by atoms with Gasteiger partial charge in [-0.15, -0.1) is 0 Å². The van der Waals surface area contributed by atoms with Crippen LogP contribution in [0.5, 0.6) is 0 Å². The molecule has 0 saturated heterocycles. The Morgan fingerprint density at radius 3 is 2.67 bits per heavy atom. The molecule has 2 aromatic rings. The Hall–Kier alpha value is -2.43. The summed E-state index contributed by atoms with van der Waals surface area (Å²) >= 11 is 0. The van der Waals surface area contributed by atoms with Gasteiger partial charge in [0, 0.05) is 17.2 Å². The number of hydrogen-bond acceptors (Lipinski definition) is 4. The number of amides is 1. The van der Waals surface area contributed by atoms with E-state index in [2.05, 4.69) is 27.6 Å². The summed E-state index contributed by atoms with van der Waals surface area (Å²) < 4.78 is 4.72. The molecule has 1 aromatic carbocycles. The Morgan fingerprint density at radius 1 is 1.19 bits per heavy atom. The molecule has 0 spiro atoms. The molecular weight excluding hydrogens is 266 g/mol. The quantitative estimate of drug-likeness (QED) is 0.878. The number of aromatic nitrogens is 2. The van der Waals surface area contributed by atoms with Crippen LogP contribution in [0.2, 0.25) is 0 Å². The molecule has 0 aliphatic heterocycles. The number of nitrogens with zero attached hydrogens (tertiary/aromatic N) is 2. The van der Waals surface area contributed by atoms with Gasteiger partial charge >= 0.3 is 0 Å². The van der Waals surface area contributed by atoms with E-state index in [0.29, 0.717) is 17.7 Å². The van der Waals surface area contributed by atoms with Crippen LogP contribution in [-0.2, 0) is 4.79 Å². The van der Waals surface area contributed by atoms with E-state index < -0.39 is 0 Å². The first-order chi connectivity index (χ1) is 10.3. The molecule has 2 aliphatic rings. The van der Waals surface area contributed by atoms with Gasteiger partial charge in [-0.2, -0.15) is 4.98 Å². The molecule has 2 bridgehead atoms. The summed E-state index contributed by atoms with van der Waals surface area (Å²) in [7, 11) is 0. The van der Waals surface area contributed by atoms with E-state index in [-0.39, 0.29) is 11.8 Å². The SMILES string of the molecule is O=C(Nc1ccc(-c2ncon2)cc1)[C@@H]1C[C@H]2C=C[C@H]1C2. The van der Waals surface area contributed by atoms with Crippen LogP contribution in [0.1, 0.15) is 12.8 Å². The van der Waals surface area contributed by atoms with Crippen LogP contribution < -0.4 is 5.32 Å². The van der Waals surface area contributed by atoms with E-state index in [0.717, 1.165) is 24.1 Å². The summed E-state index contributed by atoms with van der Waals surface area (Å²) in [6.45, 7) is 0. The molecule has 106 valence electrons. The fraction of sp³-hybridized carbons (Fsp3) is 0.312. The highest BCUT2D eigenvalue weighted by Gasteiger charge is 2.39. The first-order valence-electron chi connectivity index (χ1n) is 7.15. The number of allylic oxidation sites excluding steroid dienone is 2. The lowest BCUT2D eigenvalue weighted by Crippen LogP contribution is -2.25. The number of fused-ring (bicyclic) bond motifs is 2. The maximum Gasteiger partial charge on any atom is 0.228 e. The summed E-state index contributed by atoms with van der Waals surface area (Å²) in [6.07, 6.45) is 7.85. The monoisotopic (exact) mass is 281 g/mol. The summed E-state index contributed by atoms with van der Waals surface area (Å²) in [5, 5.41) is 6.79. The largest absolute Gasteiger partial charge is 0.342 e.